The Kier molecular flexibility index (Phi) is 5.90. The standard InChI is InChI=1S/C23H16F3N3OS/c24-23(25,26)18-7-9-19(10-8-18)27-21(30)14-31-22-12-11-20(28-29-22)17-6-5-15-3-1-2-4-16(15)13-17/h1-13H,14H2,(H,27,30). The minimum Gasteiger partial charge on any atom is -0.325 e. The highest BCUT2D eigenvalue weighted by atomic mass is 32.2. The van der Waals surface area contributed by atoms with Crippen molar-refractivity contribution in [3.63, 3.8) is 0 Å². The van der Waals surface area contributed by atoms with E-state index in [1.807, 2.05) is 48.5 Å². The molecule has 4 nitrogen and oxygen atoms in total. The molecule has 3 aromatic carbocycles. The van der Waals surface area contributed by atoms with Crippen molar-refractivity contribution in [2.45, 2.75) is 11.2 Å². The van der Waals surface area contributed by atoms with Gasteiger partial charge in [-0.3, -0.25) is 4.79 Å². The molecule has 4 aromatic rings. The molecule has 1 aromatic heterocycles. The number of aromatic nitrogens is 2. The lowest BCUT2D eigenvalue weighted by molar-refractivity contribution is -0.137. The molecule has 8 heteroatoms. The molecule has 0 bridgehead atoms. The summed E-state index contributed by atoms with van der Waals surface area (Å²) in [6.45, 7) is 0. The average molecular weight is 439 g/mol. The van der Waals surface area contributed by atoms with Crippen LogP contribution in [0.25, 0.3) is 22.0 Å². The van der Waals surface area contributed by atoms with E-state index in [2.05, 4.69) is 15.5 Å². The van der Waals surface area contributed by atoms with Gasteiger partial charge in [0.25, 0.3) is 0 Å². The van der Waals surface area contributed by atoms with Gasteiger partial charge in [-0.05, 0) is 53.2 Å². The van der Waals surface area contributed by atoms with Crippen LogP contribution in [0.5, 0.6) is 0 Å². The fourth-order valence-electron chi connectivity index (χ4n) is 2.98. The Balaban J connectivity index is 1.35. The summed E-state index contributed by atoms with van der Waals surface area (Å²) in [5.41, 5.74) is 1.21. The molecule has 0 aliphatic carbocycles. The van der Waals surface area contributed by atoms with Gasteiger partial charge in [0.15, 0.2) is 0 Å². The maximum atomic E-state index is 12.6. The van der Waals surface area contributed by atoms with Crippen molar-refractivity contribution in [2.75, 3.05) is 11.1 Å². The van der Waals surface area contributed by atoms with Crippen molar-refractivity contribution in [1.82, 2.24) is 10.2 Å². The summed E-state index contributed by atoms with van der Waals surface area (Å²) in [6.07, 6.45) is -4.41. The number of thioether (sulfide) groups is 1. The fraction of sp³-hybridized carbons (Fsp3) is 0.0870. The van der Waals surface area contributed by atoms with E-state index in [4.69, 9.17) is 0 Å². The predicted molar refractivity (Wildman–Crippen MR) is 116 cm³/mol. The molecule has 1 amide bonds. The number of amides is 1. The van der Waals surface area contributed by atoms with Crippen LogP contribution in [0.15, 0.2) is 83.9 Å². The molecule has 0 aliphatic heterocycles. The third-order valence-electron chi connectivity index (χ3n) is 4.53. The summed E-state index contributed by atoms with van der Waals surface area (Å²) in [4.78, 5) is 12.1. The van der Waals surface area contributed by atoms with Crippen LogP contribution < -0.4 is 5.32 Å². The molecule has 156 valence electrons. The smallest absolute Gasteiger partial charge is 0.325 e. The summed E-state index contributed by atoms with van der Waals surface area (Å²) in [5, 5.41) is 13.8. The van der Waals surface area contributed by atoms with Crippen molar-refractivity contribution in [3.05, 3.63) is 84.4 Å². The highest BCUT2D eigenvalue weighted by Crippen LogP contribution is 2.30. The number of fused-ring (bicyclic) bond motifs is 1. The van der Waals surface area contributed by atoms with Crippen molar-refractivity contribution in [1.29, 1.82) is 0 Å². The number of anilines is 1. The first-order valence-electron chi connectivity index (χ1n) is 9.31. The third kappa shape index (κ3) is 5.21. The number of hydrogen-bond acceptors (Lipinski definition) is 4. The number of carbonyl (C=O) groups excluding carboxylic acids is 1. The van der Waals surface area contributed by atoms with Gasteiger partial charge >= 0.3 is 6.18 Å². The van der Waals surface area contributed by atoms with Crippen molar-refractivity contribution < 1.29 is 18.0 Å². The molecular formula is C23H16F3N3OS. The van der Waals surface area contributed by atoms with Gasteiger partial charge in [0.1, 0.15) is 5.03 Å². The predicted octanol–water partition coefficient (Wildman–Crippen LogP) is 6.05. The maximum Gasteiger partial charge on any atom is 0.416 e. The molecule has 0 saturated carbocycles. The van der Waals surface area contributed by atoms with E-state index in [1.165, 1.54) is 23.9 Å². The summed E-state index contributed by atoms with van der Waals surface area (Å²) >= 11 is 1.20. The molecule has 0 atom stereocenters. The van der Waals surface area contributed by atoms with Crippen molar-refractivity contribution >= 4 is 34.1 Å². The Morgan fingerprint density at radius 3 is 2.29 bits per heavy atom. The van der Waals surface area contributed by atoms with Crippen LogP contribution in [0.2, 0.25) is 0 Å². The van der Waals surface area contributed by atoms with E-state index in [9.17, 15) is 18.0 Å². The quantitative estimate of drug-likeness (QED) is 0.385. The van der Waals surface area contributed by atoms with E-state index in [-0.39, 0.29) is 11.7 Å². The van der Waals surface area contributed by atoms with Gasteiger partial charge in [0.2, 0.25) is 5.91 Å². The largest absolute Gasteiger partial charge is 0.416 e. The molecule has 0 radical (unpaired) electrons. The molecule has 0 spiro atoms. The molecule has 0 fully saturated rings. The van der Waals surface area contributed by atoms with Crippen molar-refractivity contribution in [2.24, 2.45) is 0 Å². The molecular weight excluding hydrogens is 423 g/mol. The van der Waals surface area contributed by atoms with Gasteiger partial charge in [-0.25, -0.2) is 0 Å². The van der Waals surface area contributed by atoms with E-state index in [1.54, 1.807) is 6.07 Å². The molecule has 1 heterocycles. The number of halogens is 3. The molecule has 0 aliphatic rings. The van der Waals surface area contributed by atoms with E-state index in [0.29, 0.717) is 10.7 Å². The minimum atomic E-state index is -4.41. The SMILES string of the molecule is O=C(CSc1ccc(-c2ccc3ccccc3c2)nn1)Nc1ccc(C(F)(F)F)cc1. The first-order chi connectivity index (χ1) is 14.9. The van der Waals surface area contributed by atoms with Gasteiger partial charge in [0, 0.05) is 11.3 Å². The first-order valence-corrected chi connectivity index (χ1v) is 10.3. The minimum absolute atomic E-state index is 0.0605. The number of nitrogens with zero attached hydrogens (tertiary/aromatic N) is 2. The lowest BCUT2D eigenvalue weighted by atomic mass is 10.1. The normalized spacial score (nSPS) is 11.5. The van der Waals surface area contributed by atoms with E-state index in [0.717, 1.165) is 34.2 Å². The van der Waals surface area contributed by atoms with Gasteiger partial charge < -0.3 is 5.32 Å². The fourth-order valence-corrected chi connectivity index (χ4v) is 3.59. The van der Waals surface area contributed by atoms with Gasteiger partial charge in [-0.2, -0.15) is 13.2 Å². The van der Waals surface area contributed by atoms with Crippen LogP contribution in [0.4, 0.5) is 18.9 Å². The number of rotatable bonds is 5. The van der Waals surface area contributed by atoms with Gasteiger partial charge in [-0.1, -0.05) is 48.2 Å². The molecule has 0 saturated heterocycles. The Labute approximate surface area is 180 Å². The number of nitrogens with one attached hydrogen (secondary N) is 1. The lowest BCUT2D eigenvalue weighted by Crippen LogP contribution is -2.14. The number of hydrogen-bond donors (Lipinski definition) is 1. The average Bonchev–Trinajstić information content (AvgIpc) is 2.77. The molecule has 4 rings (SSSR count). The van der Waals surface area contributed by atoms with E-state index < -0.39 is 11.7 Å². The zero-order chi connectivity index (χ0) is 21.8. The Bertz CT molecular complexity index is 1210. The van der Waals surface area contributed by atoms with Crippen LogP contribution >= 0.6 is 11.8 Å². The maximum absolute atomic E-state index is 12.6. The summed E-state index contributed by atoms with van der Waals surface area (Å²) < 4.78 is 37.8. The van der Waals surface area contributed by atoms with Crippen LogP contribution in [0.1, 0.15) is 5.56 Å². The third-order valence-corrected chi connectivity index (χ3v) is 5.45. The zero-order valence-corrected chi connectivity index (χ0v) is 16.9. The zero-order valence-electron chi connectivity index (χ0n) is 16.1. The van der Waals surface area contributed by atoms with Crippen molar-refractivity contribution in [3.8, 4) is 11.3 Å². The summed E-state index contributed by atoms with van der Waals surface area (Å²) in [5.74, 6) is -0.282. The van der Waals surface area contributed by atoms with E-state index >= 15 is 0 Å². The number of carbonyl (C=O) groups is 1. The van der Waals surface area contributed by atoms with Crippen LogP contribution in [-0.2, 0) is 11.0 Å². The lowest BCUT2D eigenvalue weighted by Gasteiger charge is -2.08. The molecule has 0 unspecified atom stereocenters. The highest BCUT2D eigenvalue weighted by Gasteiger charge is 2.29. The van der Waals surface area contributed by atoms with Crippen LogP contribution in [0, 0.1) is 0 Å². The Hall–Kier alpha value is -3.39. The highest BCUT2D eigenvalue weighted by molar-refractivity contribution is 7.99. The van der Waals surface area contributed by atoms with Crippen LogP contribution in [0.3, 0.4) is 0 Å². The topological polar surface area (TPSA) is 54.9 Å². The van der Waals surface area contributed by atoms with Crippen LogP contribution in [-0.4, -0.2) is 21.9 Å². The summed E-state index contributed by atoms with van der Waals surface area (Å²) in [7, 11) is 0. The second kappa shape index (κ2) is 8.77. The molecule has 31 heavy (non-hydrogen) atoms. The Morgan fingerprint density at radius 1 is 0.871 bits per heavy atom. The van der Waals surface area contributed by atoms with Gasteiger partial charge in [-0.15, -0.1) is 10.2 Å². The second-order valence-corrected chi connectivity index (χ2v) is 7.73. The molecule has 1 N–H and O–H groups in total. The van der Waals surface area contributed by atoms with Gasteiger partial charge in [0.05, 0.1) is 17.0 Å². The monoisotopic (exact) mass is 439 g/mol. The second-order valence-electron chi connectivity index (χ2n) is 6.73. The number of benzene rings is 3. The number of alkyl halides is 3. The Morgan fingerprint density at radius 2 is 1.61 bits per heavy atom. The summed E-state index contributed by atoms with van der Waals surface area (Å²) in [6, 6.07) is 22.0. The first kappa shape index (κ1) is 20.9.